The maximum Gasteiger partial charge on any atom is 0.148 e. The molecule has 2 N–H and O–H groups in total. The van der Waals surface area contributed by atoms with E-state index in [1.165, 1.54) is 0 Å². The van der Waals surface area contributed by atoms with Crippen molar-refractivity contribution < 1.29 is 4.74 Å². The van der Waals surface area contributed by atoms with Crippen molar-refractivity contribution in [3.63, 3.8) is 0 Å². The minimum absolute atomic E-state index is 0.268. The number of nitrogens with two attached hydrogens (primary N) is 1. The molecule has 1 aromatic rings. The van der Waals surface area contributed by atoms with Crippen LogP contribution in [0.4, 0.5) is 0 Å². The van der Waals surface area contributed by atoms with Gasteiger partial charge in [-0.1, -0.05) is 5.92 Å². The Labute approximate surface area is 71.6 Å². The molecule has 0 aliphatic heterocycles. The number of ether oxygens (including phenoxy) is 1. The van der Waals surface area contributed by atoms with Gasteiger partial charge in [-0.15, -0.1) is 6.42 Å². The van der Waals surface area contributed by atoms with E-state index in [0.29, 0.717) is 12.3 Å². The summed E-state index contributed by atoms with van der Waals surface area (Å²) < 4.78 is 5.12. The van der Waals surface area contributed by atoms with Crippen LogP contribution in [0.15, 0.2) is 18.3 Å². The largest absolute Gasteiger partial charge is 0.479 e. The molecule has 0 amide bonds. The van der Waals surface area contributed by atoms with Gasteiger partial charge < -0.3 is 10.5 Å². The van der Waals surface area contributed by atoms with E-state index >= 15 is 0 Å². The van der Waals surface area contributed by atoms with E-state index in [2.05, 4.69) is 10.9 Å². The number of aromatic nitrogens is 1. The van der Waals surface area contributed by atoms with Gasteiger partial charge in [0.15, 0.2) is 0 Å². The average molecular weight is 162 g/mol. The summed E-state index contributed by atoms with van der Waals surface area (Å²) in [6, 6.07) is 3.61. The van der Waals surface area contributed by atoms with Crippen LogP contribution in [0.3, 0.4) is 0 Å². The summed E-state index contributed by atoms with van der Waals surface area (Å²) in [5.74, 6) is 3.04. The first-order valence-electron chi connectivity index (χ1n) is 3.58. The third-order valence-electron chi connectivity index (χ3n) is 1.33. The van der Waals surface area contributed by atoms with E-state index in [-0.39, 0.29) is 6.61 Å². The van der Waals surface area contributed by atoms with E-state index in [0.717, 1.165) is 5.69 Å². The van der Waals surface area contributed by atoms with Gasteiger partial charge in [0.05, 0.1) is 11.9 Å². The first kappa shape index (κ1) is 8.57. The SMILES string of the molecule is C#CCOc1ccc(CN)nc1. The molecule has 0 aliphatic rings. The van der Waals surface area contributed by atoms with Crippen molar-refractivity contribution in [2.24, 2.45) is 5.73 Å². The van der Waals surface area contributed by atoms with Crippen LogP contribution in [-0.2, 0) is 6.54 Å². The summed E-state index contributed by atoms with van der Waals surface area (Å²) in [6.07, 6.45) is 6.63. The summed E-state index contributed by atoms with van der Waals surface area (Å²) >= 11 is 0. The Morgan fingerprint density at radius 2 is 2.42 bits per heavy atom. The Morgan fingerprint density at radius 1 is 1.58 bits per heavy atom. The summed E-state index contributed by atoms with van der Waals surface area (Å²) in [5, 5.41) is 0. The van der Waals surface area contributed by atoms with E-state index in [1.54, 1.807) is 12.3 Å². The van der Waals surface area contributed by atoms with Crippen LogP contribution in [0.25, 0.3) is 0 Å². The first-order valence-corrected chi connectivity index (χ1v) is 3.58. The summed E-state index contributed by atoms with van der Waals surface area (Å²) in [6.45, 7) is 0.707. The molecule has 0 fully saturated rings. The average Bonchev–Trinajstić information content (AvgIpc) is 2.15. The standard InChI is InChI=1S/C9H10N2O/c1-2-5-12-9-4-3-8(6-10)11-7-9/h1,3-4,7H,5-6,10H2. The zero-order valence-electron chi connectivity index (χ0n) is 6.66. The highest BCUT2D eigenvalue weighted by atomic mass is 16.5. The van der Waals surface area contributed by atoms with E-state index < -0.39 is 0 Å². The highest BCUT2D eigenvalue weighted by molar-refractivity contribution is 5.20. The van der Waals surface area contributed by atoms with E-state index in [1.807, 2.05) is 6.07 Å². The van der Waals surface area contributed by atoms with Gasteiger partial charge in [-0.25, -0.2) is 0 Å². The van der Waals surface area contributed by atoms with Crippen molar-refractivity contribution in [3.8, 4) is 18.1 Å². The van der Waals surface area contributed by atoms with Gasteiger partial charge in [0.25, 0.3) is 0 Å². The van der Waals surface area contributed by atoms with Crippen LogP contribution in [0, 0.1) is 12.3 Å². The fourth-order valence-electron chi connectivity index (χ4n) is 0.742. The van der Waals surface area contributed by atoms with Crippen molar-refractivity contribution in [3.05, 3.63) is 24.0 Å². The van der Waals surface area contributed by atoms with Gasteiger partial charge in [0.2, 0.25) is 0 Å². The molecular weight excluding hydrogens is 152 g/mol. The van der Waals surface area contributed by atoms with E-state index in [9.17, 15) is 0 Å². The van der Waals surface area contributed by atoms with Crippen LogP contribution < -0.4 is 10.5 Å². The Bertz CT molecular complexity index is 274. The summed E-state index contributed by atoms with van der Waals surface area (Å²) in [5.41, 5.74) is 6.20. The molecular formula is C9H10N2O. The molecule has 1 rings (SSSR count). The van der Waals surface area contributed by atoms with Crippen LogP contribution in [0.5, 0.6) is 5.75 Å². The molecule has 0 radical (unpaired) electrons. The maximum absolute atomic E-state index is 5.36. The summed E-state index contributed by atoms with van der Waals surface area (Å²) in [7, 11) is 0. The molecule has 0 saturated heterocycles. The van der Waals surface area contributed by atoms with Gasteiger partial charge in [-0.05, 0) is 12.1 Å². The number of hydrogen-bond acceptors (Lipinski definition) is 3. The molecule has 3 heteroatoms. The number of pyridine rings is 1. The van der Waals surface area contributed by atoms with E-state index in [4.69, 9.17) is 16.9 Å². The third-order valence-corrected chi connectivity index (χ3v) is 1.33. The van der Waals surface area contributed by atoms with Crippen molar-refractivity contribution in [2.75, 3.05) is 6.61 Å². The zero-order chi connectivity index (χ0) is 8.81. The number of hydrogen-bond donors (Lipinski definition) is 1. The van der Waals surface area contributed by atoms with Gasteiger partial charge in [-0.2, -0.15) is 0 Å². The van der Waals surface area contributed by atoms with Gasteiger partial charge >= 0.3 is 0 Å². The van der Waals surface area contributed by atoms with Crippen molar-refractivity contribution in [1.29, 1.82) is 0 Å². The number of rotatable bonds is 3. The van der Waals surface area contributed by atoms with Gasteiger partial charge in [0, 0.05) is 6.54 Å². The third kappa shape index (κ3) is 2.26. The van der Waals surface area contributed by atoms with Crippen LogP contribution >= 0.6 is 0 Å². The highest BCUT2D eigenvalue weighted by Crippen LogP contribution is 2.07. The second-order valence-corrected chi connectivity index (χ2v) is 2.18. The van der Waals surface area contributed by atoms with Crippen LogP contribution in [0.1, 0.15) is 5.69 Å². The molecule has 0 unspecified atom stereocenters. The maximum atomic E-state index is 5.36. The smallest absolute Gasteiger partial charge is 0.148 e. The van der Waals surface area contributed by atoms with Crippen molar-refractivity contribution in [2.45, 2.75) is 6.54 Å². The second-order valence-electron chi connectivity index (χ2n) is 2.18. The van der Waals surface area contributed by atoms with Crippen molar-refractivity contribution >= 4 is 0 Å². The monoisotopic (exact) mass is 162 g/mol. The normalized spacial score (nSPS) is 9.00. The molecule has 0 atom stereocenters. The molecule has 12 heavy (non-hydrogen) atoms. The zero-order valence-corrected chi connectivity index (χ0v) is 6.66. The lowest BCUT2D eigenvalue weighted by Gasteiger charge is -2.01. The Kier molecular flexibility index (Phi) is 3.12. The van der Waals surface area contributed by atoms with Crippen molar-refractivity contribution in [1.82, 2.24) is 4.98 Å². The molecule has 62 valence electrons. The van der Waals surface area contributed by atoms with Gasteiger partial charge in [-0.3, -0.25) is 4.98 Å². The quantitative estimate of drug-likeness (QED) is 0.660. The molecule has 0 aliphatic carbocycles. The molecule has 0 spiro atoms. The highest BCUT2D eigenvalue weighted by Gasteiger charge is 1.92. The number of nitrogens with zero attached hydrogens (tertiary/aromatic N) is 1. The molecule has 1 aromatic heterocycles. The molecule has 1 heterocycles. The fourth-order valence-corrected chi connectivity index (χ4v) is 0.742. The fraction of sp³-hybridized carbons (Fsp3) is 0.222. The van der Waals surface area contributed by atoms with Crippen LogP contribution in [0.2, 0.25) is 0 Å². The minimum atomic E-state index is 0.268. The lowest BCUT2D eigenvalue weighted by atomic mass is 10.3. The predicted octanol–water partition coefficient (Wildman–Crippen LogP) is 0.552. The first-order chi connectivity index (χ1) is 5.86. The lowest BCUT2D eigenvalue weighted by Crippen LogP contribution is -2.00. The molecule has 0 saturated carbocycles. The minimum Gasteiger partial charge on any atom is -0.479 e. The molecule has 3 nitrogen and oxygen atoms in total. The van der Waals surface area contributed by atoms with Gasteiger partial charge in [0.1, 0.15) is 12.4 Å². The molecule has 0 aromatic carbocycles. The second kappa shape index (κ2) is 4.37. The Morgan fingerprint density at radius 3 is 2.92 bits per heavy atom. The number of terminal acetylenes is 1. The lowest BCUT2D eigenvalue weighted by molar-refractivity contribution is 0.368. The molecule has 0 bridgehead atoms. The van der Waals surface area contributed by atoms with Crippen LogP contribution in [-0.4, -0.2) is 11.6 Å². The summed E-state index contributed by atoms with van der Waals surface area (Å²) in [4.78, 5) is 4.03. The predicted molar refractivity (Wildman–Crippen MR) is 46.5 cm³/mol. The Hall–Kier alpha value is -1.53. The topological polar surface area (TPSA) is 48.1 Å². The Balaban J connectivity index is 2.60.